The fraction of sp³-hybridized carbons (Fsp3) is 0.0909. The standard InChI is InChI=1S/C22H18FNO5/c1-27-20-13-15(22(26)29-18-5-3-2-4-6-18)7-12-19(20)28-14-21(25)24-17-10-8-16(23)9-11-17/h2-13H,14H2,1H3,(H,24,25). The highest BCUT2D eigenvalue weighted by molar-refractivity contribution is 5.92. The Morgan fingerprint density at radius 3 is 2.34 bits per heavy atom. The third kappa shape index (κ3) is 5.55. The fourth-order valence-electron chi connectivity index (χ4n) is 2.44. The minimum atomic E-state index is -0.546. The average Bonchev–Trinajstić information content (AvgIpc) is 2.74. The zero-order chi connectivity index (χ0) is 20.6. The van der Waals surface area contributed by atoms with Gasteiger partial charge in [-0.3, -0.25) is 4.79 Å². The molecule has 29 heavy (non-hydrogen) atoms. The molecule has 148 valence electrons. The van der Waals surface area contributed by atoms with Gasteiger partial charge in [-0.15, -0.1) is 0 Å². The molecule has 0 aliphatic heterocycles. The molecule has 3 rings (SSSR count). The first kappa shape index (κ1) is 19.9. The van der Waals surface area contributed by atoms with E-state index in [1.54, 1.807) is 24.3 Å². The van der Waals surface area contributed by atoms with E-state index in [9.17, 15) is 14.0 Å². The van der Waals surface area contributed by atoms with E-state index in [4.69, 9.17) is 14.2 Å². The second-order valence-corrected chi connectivity index (χ2v) is 5.91. The van der Waals surface area contributed by atoms with Crippen LogP contribution in [0.4, 0.5) is 10.1 Å². The SMILES string of the molecule is COc1cc(C(=O)Oc2ccccc2)ccc1OCC(=O)Nc1ccc(F)cc1. The summed E-state index contributed by atoms with van der Waals surface area (Å²) in [5.74, 6) is -0.370. The highest BCUT2D eigenvalue weighted by Crippen LogP contribution is 2.28. The molecular formula is C22H18FNO5. The van der Waals surface area contributed by atoms with Gasteiger partial charge < -0.3 is 19.5 Å². The lowest BCUT2D eigenvalue weighted by Gasteiger charge is -2.12. The third-order valence-electron chi connectivity index (χ3n) is 3.84. The summed E-state index contributed by atoms with van der Waals surface area (Å²) in [6, 6.07) is 18.6. The van der Waals surface area contributed by atoms with Crippen LogP contribution in [0, 0.1) is 5.82 Å². The van der Waals surface area contributed by atoms with Crippen molar-refractivity contribution in [2.24, 2.45) is 0 Å². The van der Waals surface area contributed by atoms with E-state index in [1.807, 2.05) is 6.07 Å². The molecule has 0 aromatic heterocycles. The van der Waals surface area contributed by atoms with Crippen molar-refractivity contribution in [1.82, 2.24) is 0 Å². The Balaban J connectivity index is 1.61. The first-order valence-electron chi connectivity index (χ1n) is 8.68. The van der Waals surface area contributed by atoms with Gasteiger partial charge in [-0.1, -0.05) is 18.2 Å². The molecule has 0 bridgehead atoms. The van der Waals surface area contributed by atoms with Crippen molar-refractivity contribution in [3.63, 3.8) is 0 Å². The monoisotopic (exact) mass is 395 g/mol. The molecule has 6 nitrogen and oxygen atoms in total. The first-order valence-corrected chi connectivity index (χ1v) is 8.68. The van der Waals surface area contributed by atoms with E-state index in [1.165, 1.54) is 49.6 Å². The van der Waals surface area contributed by atoms with E-state index in [2.05, 4.69) is 5.32 Å². The van der Waals surface area contributed by atoms with Crippen molar-refractivity contribution in [2.45, 2.75) is 0 Å². The number of esters is 1. The number of nitrogens with one attached hydrogen (secondary N) is 1. The highest BCUT2D eigenvalue weighted by atomic mass is 19.1. The summed E-state index contributed by atoms with van der Waals surface area (Å²) >= 11 is 0. The normalized spacial score (nSPS) is 10.1. The number of carbonyl (C=O) groups is 2. The maximum absolute atomic E-state index is 12.9. The second kappa shape index (κ2) is 9.36. The number of amides is 1. The van der Waals surface area contributed by atoms with Crippen LogP contribution in [0.3, 0.4) is 0 Å². The largest absolute Gasteiger partial charge is 0.493 e. The summed E-state index contributed by atoms with van der Waals surface area (Å²) in [5.41, 5.74) is 0.722. The Bertz CT molecular complexity index is 990. The van der Waals surface area contributed by atoms with Crippen molar-refractivity contribution in [3.05, 3.63) is 84.2 Å². The van der Waals surface area contributed by atoms with Gasteiger partial charge in [0.05, 0.1) is 12.7 Å². The zero-order valence-corrected chi connectivity index (χ0v) is 15.6. The molecule has 0 atom stereocenters. The molecule has 0 saturated carbocycles. The van der Waals surface area contributed by atoms with Crippen LogP contribution in [0.2, 0.25) is 0 Å². The maximum Gasteiger partial charge on any atom is 0.343 e. The lowest BCUT2D eigenvalue weighted by atomic mass is 10.2. The molecule has 0 aliphatic carbocycles. The van der Waals surface area contributed by atoms with Crippen LogP contribution in [-0.2, 0) is 4.79 Å². The molecule has 7 heteroatoms. The highest BCUT2D eigenvalue weighted by Gasteiger charge is 2.14. The second-order valence-electron chi connectivity index (χ2n) is 5.91. The third-order valence-corrected chi connectivity index (χ3v) is 3.84. The molecule has 0 aliphatic rings. The van der Waals surface area contributed by atoms with Crippen LogP contribution < -0.4 is 19.5 Å². The first-order chi connectivity index (χ1) is 14.0. The number of rotatable bonds is 7. The quantitative estimate of drug-likeness (QED) is 0.482. The summed E-state index contributed by atoms with van der Waals surface area (Å²) in [6.45, 7) is -0.290. The number of ether oxygens (including phenoxy) is 3. The summed E-state index contributed by atoms with van der Waals surface area (Å²) in [7, 11) is 1.42. The minimum absolute atomic E-state index is 0.272. The summed E-state index contributed by atoms with van der Waals surface area (Å²) in [4.78, 5) is 24.3. The number of hydrogen-bond donors (Lipinski definition) is 1. The van der Waals surface area contributed by atoms with Gasteiger partial charge in [-0.05, 0) is 54.6 Å². The maximum atomic E-state index is 12.9. The van der Waals surface area contributed by atoms with Crippen molar-refractivity contribution in [3.8, 4) is 17.2 Å². The molecular weight excluding hydrogens is 377 g/mol. The van der Waals surface area contributed by atoms with Crippen LogP contribution in [0.15, 0.2) is 72.8 Å². The number of halogens is 1. The van der Waals surface area contributed by atoms with E-state index < -0.39 is 17.7 Å². The Morgan fingerprint density at radius 1 is 0.931 bits per heavy atom. The number of anilines is 1. The Labute approximate surface area is 166 Å². The fourth-order valence-corrected chi connectivity index (χ4v) is 2.44. The lowest BCUT2D eigenvalue weighted by molar-refractivity contribution is -0.118. The molecule has 1 N–H and O–H groups in total. The van der Waals surface area contributed by atoms with Crippen LogP contribution in [0.1, 0.15) is 10.4 Å². The number of carbonyl (C=O) groups excluding carboxylic acids is 2. The molecule has 3 aromatic rings. The Kier molecular flexibility index (Phi) is 6.42. The number of benzene rings is 3. The molecule has 0 fully saturated rings. The average molecular weight is 395 g/mol. The zero-order valence-electron chi connectivity index (χ0n) is 15.6. The van der Waals surface area contributed by atoms with Crippen molar-refractivity contribution in [1.29, 1.82) is 0 Å². The van der Waals surface area contributed by atoms with Gasteiger partial charge in [-0.2, -0.15) is 0 Å². The summed E-state index contributed by atoms with van der Waals surface area (Å²) in [6.07, 6.45) is 0. The van der Waals surface area contributed by atoms with Crippen molar-refractivity contribution < 1.29 is 28.2 Å². The van der Waals surface area contributed by atoms with Crippen LogP contribution >= 0.6 is 0 Å². The number of para-hydroxylation sites is 1. The van der Waals surface area contributed by atoms with Gasteiger partial charge >= 0.3 is 5.97 Å². The van der Waals surface area contributed by atoms with Gasteiger partial charge in [0.15, 0.2) is 18.1 Å². The molecule has 1 amide bonds. The van der Waals surface area contributed by atoms with Crippen LogP contribution in [0.25, 0.3) is 0 Å². The molecule has 3 aromatic carbocycles. The van der Waals surface area contributed by atoms with Gasteiger partial charge in [0, 0.05) is 5.69 Å². The minimum Gasteiger partial charge on any atom is -0.493 e. The van der Waals surface area contributed by atoms with E-state index >= 15 is 0 Å². The predicted octanol–water partition coefficient (Wildman–Crippen LogP) is 4.07. The molecule has 0 radical (unpaired) electrons. The van der Waals surface area contributed by atoms with E-state index in [-0.39, 0.29) is 23.7 Å². The van der Waals surface area contributed by atoms with E-state index in [0.717, 1.165) is 0 Å². The summed E-state index contributed by atoms with van der Waals surface area (Å²) < 4.78 is 28.9. The molecule has 0 unspecified atom stereocenters. The van der Waals surface area contributed by atoms with Gasteiger partial charge in [0.2, 0.25) is 0 Å². The predicted molar refractivity (Wildman–Crippen MR) is 105 cm³/mol. The smallest absolute Gasteiger partial charge is 0.343 e. The van der Waals surface area contributed by atoms with Crippen LogP contribution in [0.5, 0.6) is 17.2 Å². The lowest BCUT2D eigenvalue weighted by Crippen LogP contribution is -2.20. The van der Waals surface area contributed by atoms with Gasteiger partial charge in [0.25, 0.3) is 5.91 Å². The topological polar surface area (TPSA) is 73.9 Å². The molecule has 0 heterocycles. The number of hydrogen-bond acceptors (Lipinski definition) is 5. The summed E-state index contributed by atoms with van der Waals surface area (Å²) in [5, 5.41) is 2.59. The Morgan fingerprint density at radius 2 is 1.66 bits per heavy atom. The van der Waals surface area contributed by atoms with Crippen molar-refractivity contribution in [2.75, 3.05) is 19.0 Å². The molecule has 0 spiro atoms. The van der Waals surface area contributed by atoms with Crippen LogP contribution in [-0.4, -0.2) is 25.6 Å². The van der Waals surface area contributed by atoms with Gasteiger partial charge in [0.1, 0.15) is 11.6 Å². The van der Waals surface area contributed by atoms with E-state index in [0.29, 0.717) is 11.4 Å². The van der Waals surface area contributed by atoms with Crippen molar-refractivity contribution >= 4 is 17.6 Å². The Hall–Kier alpha value is -3.87. The number of methoxy groups -OCH3 is 1. The molecule has 0 saturated heterocycles. The van der Waals surface area contributed by atoms with Gasteiger partial charge in [-0.25, -0.2) is 9.18 Å².